The monoisotopic (exact) mass is 205 g/mol. The first-order valence-electron chi connectivity index (χ1n) is 5.70. The first kappa shape index (κ1) is 10.4. The molecule has 0 saturated carbocycles. The van der Waals surface area contributed by atoms with E-state index in [9.17, 15) is 0 Å². The van der Waals surface area contributed by atoms with Gasteiger partial charge in [0.25, 0.3) is 0 Å². The van der Waals surface area contributed by atoms with E-state index in [1.54, 1.807) is 0 Å². The Morgan fingerprint density at radius 3 is 2.87 bits per heavy atom. The lowest BCUT2D eigenvalue weighted by molar-refractivity contribution is 0.410. The molecule has 0 bridgehead atoms. The summed E-state index contributed by atoms with van der Waals surface area (Å²) >= 11 is 0. The summed E-state index contributed by atoms with van der Waals surface area (Å²) in [6.07, 6.45) is 3.86. The standard InChI is InChI=1S/C12H19N3/c1-9-10(6-7-12(13-2)15-9)11-5-3-4-8-14-11/h6-7,11,14H,3-5,8H2,1-2H3,(H,13,15)/t11-/m0/s1. The highest BCUT2D eigenvalue weighted by Crippen LogP contribution is 2.25. The van der Waals surface area contributed by atoms with E-state index >= 15 is 0 Å². The van der Waals surface area contributed by atoms with Crippen molar-refractivity contribution in [1.29, 1.82) is 0 Å². The number of nitrogens with zero attached hydrogens (tertiary/aromatic N) is 1. The molecule has 2 rings (SSSR count). The first-order valence-corrected chi connectivity index (χ1v) is 5.70. The van der Waals surface area contributed by atoms with Crippen LogP contribution in [0.2, 0.25) is 0 Å². The van der Waals surface area contributed by atoms with Crippen LogP contribution in [0.5, 0.6) is 0 Å². The average molecular weight is 205 g/mol. The van der Waals surface area contributed by atoms with Crippen LogP contribution in [0.4, 0.5) is 5.82 Å². The first-order chi connectivity index (χ1) is 7.31. The Balaban J connectivity index is 2.19. The molecular weight excluding hydrogens is 186 g/mol. The van der Waals surface area contributed by atoms with Crippen molar-refractivity contribution in [3.63, 3.8) is 0 Å². The van der Waals surface area contributed by atoms with Crippen molar-refractivity contribution < 1.29 is 0 Å². The Morgan fingerprint density at radius 1 is 1.40 bits per heavy atom. The number of pyridine rings is 1. The summed E-state index contributed by atoms with van der Waals surface area (Å²) in [5, 5.41) is 6.62. The van der Waals surface area contributed by atoms with Crippen LogP contribution in [-0.4, -0.2) is 18.6 Å². The minimum Gasteiger partial charge on any atom is -0.373 e. The van der Waals surface area contributed by atoms with E-state index in [0.717, 1.165) is 18.1 Å². The molecule has 2 heterocycles. The smallest absolute Gasteiger partial charge is 0.125 e. The third-order valence-corrected chi connectivity index (χ3v) is 3.07. The third-order valence-electron chi connectivity index (χ3n) is 3.07. The van der Waals surface area contributed by atoms with Gasteiger partial charge in [-0.2, -0.15) is 0 Å². The van der Waals surface area contributed by atoms with Gasteiger partial charge in [0.2, 0.25) is 0 Å². The van der Waals surface area contributed by atoms with Crippen LogP contribution < -0.4 is 10.6 Å². The van der Waals surface area contributed by atoms with Crippen molar-refractivity contribution in [2.24, 2.45) is 0 Å². The maximum atomic E-state index is 4.52. The topological polar surface area (TPSA) is 37.0 Å². The number of hydrogen-bond donors (Lipinski definition) is 2. The molecule has 0 amide bonds. The van der Waals surface area contributed by atoms with E-state index in [1.807, 2.05) is 7.05 Å². The van der Waals surface area contributed by atoms with E-state index in [0.29, 0.717) is 6.04 Å². The van der Waals surface area contributed by atoms with Gasteiger partial charge in [-0.3, -0.25) is 0 Å². The van der Waals surface area contributed by atoms with Gasteiger partial charge in [-0.1, -0.05) is 12.5 Å². The molecule has 1 saturated heterocycles. The minimum atomic E-state index is 0.511. The molecule has 1 atom stereocenters. The lowest BCUT2D eigenvalue weighted by Gasteiger charge is -2.25. The van der Waals surface area contributed by atoms with Crippen LogP contribution in [0.25, 0.3) is 0 Å². The number of nitrogens with one attached hydrogen (secondary N) is 2. The molecule has 0 radical (unpaired) electrons. The summed E-state index contributed by atoms with van der Waals surface area (Å²) in [6.45, 7) is 3.23. The second-order valence-corrected chi connectivity index (χ2v) is 4.12. The van der Waals surface area contributed by atoms with E-state index < -0.39 is 0 Å². The molecular formula is C12H19N3. The number of rotatable bonds is 2. The lowest BCUT2D eigenvalue weighted by Crippen LogP contribution is -2.27. The Morgan fingerprint density at radius 2 is 2.27 bits per heavy atom. The van der Waals surface area contributed by atoms with Gasteiger partial charge in [0.05, 0.1) is 0 Å². The zero-order valence-corrected chi connectivity index (χ0v) is 9.51. The average Bonchev–Trinajstić information content (AvgIpc) is 2.30. The number of piperidine rings is 1. The summed E-state index contributed by atoms with van der Waals surface area (Å²) in [4.78, 5) is 4.52. The summed E-state index contributed by atoms with van der Waals surface area (Å²) in [5.74, 6) is 0.951. The molecule has 3 nitrogen and oxygen atoms in total. The highest BCUT2D eigenvalue weighted by Gasteiger charge is 2.16. The molecule has 0 unspecified atom stereocenters. The normalized spacial score (nSPS) is 21.3. The van der Waals surface area contributed by atoms with Crippen molar-refractivity contribution >= 4 is 5.82 Å². The molecule has 3 heteroatoms. The predicted octanol–water partition coefficient (Wildman–Crippen LogP) is 2.25. The number of aryl methyl sites for hydroxylation is 1. The van der Waals surface area contributed by atoms with Crippen molar-refractivity contribution in [2.45, 2.75) is 32.2 Å². The number of aromatic nitrogens is 1. The molecule has 2 N–H and O–H groups in total. The second-order valence-electron chi connectivity index (χ2n) is 4.12. The molecule has 15 heavy (non-hydrogen) atoms. The van der Waals surface area contributed by atoms with Crippen molar-refractivity contribution in [3.05, 3.63) is 23.4 Å². The van der Waals surface area contributed by atoms with Gasteiger partial charge >= 0.3 is 0 Å². The second kappa shape index (κ2) is 4.62. The van der Waals surface area contributed by atoms with Crippen molar-refractivity contribution in [2.75, 3.05) is 18.9 Å². The summed E-state index contributed by atoms with van der Waals surface area (Å²) in [5.41, 5.74) is 2.50. The molecule has 1 aromatic heterocycles. The third kappa shape index (κ3) is 2.29. The summed E-state index contributed by atoms with van der Waals surface area (Å²) in [6, 6.07) is 4.76. The molecule has 0 aliphatic carbocycles. The van der Waals surface area contributed by atoms with Crippen LogP contribution >= 0.6 is 0 Å². The molecule has 1 aromatic rings. The van der Waals surface area contributed by atoms with E-state index in [2.05, 4.69) is 34.7 Å². The Hall–Kier alpha value is -1.09. The van der Waals surface area contributed by atoms with Crippen molar-refractivity contribution in [1.82, 2.24) is 10.3 Å². The fourth-order valence-electron chi connectivity index (χ4n) is 2.20. The minimum absolute atomic E-state index is 0.511. The molecule has 1 aliphatic heterocycles. The van der Waals surface area contributed by atoms with E-state index in [-0.39, 0.29) is 0 Å². The van der Waals surface area contributed by atoms with E-state index in [4.69, 9.17) is 0 Å². The molecule has 1 fully saturated rings. The summed E-state index contributed by atoms with van der Waals surface area (Å²) < 4.78 is 0. The van der Waals surface area contributed by atoms with E-state index in [1.165, 1.54) is 24.8 Å². The predicted molar refractivity (Wildman–Crippen MR) is 63.1 cm³/mol. The van der Waals surface area contributed by atoms with Crippen LogP contribution in [0.3, 0.4) is 0 Å². The van der Waals surface area contributed by atoms with Crippen LogP contribution in [0.1, 0.15) is 36.6 Å². The quantitative estimate of drug-likeness (QED) is 0.777. The van der Waals surface area contributed by atoms with Crippen LogP contribution in [0, 0.1) is 6.92 Å². The van der Waals surface area contributed by atoms with Crippen molar-refractivity contribution in [3.8, 4) is 0 Å². The van der Waals surface area contributed by atoms with Gasteiger partial charge in [0.15, 0.2) is 0 Å². The van der Waals surface area contributed by atoms with Crippen LogP contribution in [0.15, 0.2) is 12.1 Å². The SMILES string of the molecule is CNc1ccc([C@@H]2CCCCN2)c(C)n1. The Labute approximate surface area is 91.3 Å². The summed E-state index contributed by atoms with van der Waals surface area (Å²) in [7, 11) is 1.90. The largest absolute Gasteiger partial charge is 0.373 e. The van der Waals surface area contributed by atoms with Gasteiger partial charge < -0.3 is 10.6 Å². The van der Waals surface area contributed by atoms with Gasteiger partial charge in [-0.15, -0.1) is 0 Å². The maximum Gasteiger partial charge on any atom is 0.125 e. The van der Waals surface area contributed by atoms with Gasteiger partial charge in [-0.05, 0) is 37.9 Å². The lowest BCUT2D eigenvalue weighted by atomic mass is 9.96. The number of hydrogen-bond acceptors (Lipinski definition) is 3. The highest BCUT2D eigenvalue weighted by atomic mass is 15.0. The Bertz CT molecular complexity index is 330. The zero-order chi connectivity index (χ0) is 10.7. The molecule has 0 spiro atoms. The van der Waals surface area contributed by atoms with Gasteiger partial charge in [0, 0.05) is 18.8 Å². The fourth-order valence-corrected chi connectivity index (χ4v) is 2.20. The molecule has 0 aromatic carbocycles. The maximum absolute atomic E-state index is 4.52. The molecule has 1 aliphatic rings. The Kier molecular flexibility index (Phi) is 3.21. The van der Waals surface area contributed by atoms with Gasteiger partial charge in [0.1, 0.15) is 5.82 Å². The zero-order valence-electron chi connectivity index (χ0n) is 9.51. The van der Waals surface area contributed by atoms with Gasteiger partial charge in [-0.25, -0.2) is 4.98 Å². The fraction of sp³-hybridized carbons (Fsp3) is 0.583. The van der Waals surface area contributed by atoms with Crippen LogP contribution in [-0.2, 0) is 0 Å². The highest BCUT2D eigenvalue weighted by molar-refractivity contribution is 5.38. The molecule has 82 valence electrons. The number of anilines is 1.